The van der Waals surface area contributed by atoms with Crippen LogP contribution in [0.25, 0.3) is 0 Å². The normalized spacial score (nSPS) is 8.64. The van der Waals surface area contributed by atoms with Crippen LogP contribution in [0.2, 0.25) is 0 Å². The Hall–Kier alpha value is -0.480. The zero-order valence-corrected chi connectivity index (χ0v) is 7.35. The van der Waals surface area contributed by atoms with Gasteiger partial charge in [-0.2, -0.15) is 0 Å². The van der Waals surface area contributed by atoms with Gasteiger partial charge in [-0.3, -0.25) is 4.84 Å². The lowest BCUT2D eigenvalue weighted by atomic mass is 10.5. The SMILES string of the molecule is COC(=O)ON=C(CCl)CCl. The Morgan fingerprint density at radius 3 is 2.36 bits per heavy atom. The molecular weight excluding hydrogens is 193 g/mol. The van der Waals surface area contributed by atoms with Crippen LogP contribution in [0.15, 0.2) is 5.16 Å². The van der Waals surface area contributed by atoms with Gasteiger partial charge in [0.15, 0.2) is 0 Å². The Bertz CT molecular complexity index is 154. The molecule has 0 unspecified atom stereocenters. The Kier molecular flexibility index (Phi) is 5.97. The molecule has 0 amide bonds. The van der Waals surface area contributed by atoms with Crippen molar-refractivity contribution in [3.8, 4) is 0 Å². The fraction of sp³-hybridized carbons (Fsp3) is 0.600. The van der Waals surface area contributed by atoms with Crippen LogP contribution in [0.4, 0.5) is 4.79 Å². The largest absolute Gasteiger partial charge is 0.534 e. The lowest BCUT2D eigenvalue weighted by Gasteiger charge is -1.96. The van der Waals surface area contributed by atoms with E-state index in [0.717, 1.165) is 0 Å². The van der Waals surface area contributed by atoms with Crippen LogP contribution >= 0.6 is 23.2 Å². The number of methoxy groups -OCH3 is 1. The lowest BCUT2D eigenvalue weighted by molar-refractivity contribution is 0.0753. The van der Waals surface area contributed by atoms with E-state index in [1.807, 2.05) is 0 Å². The van der Waals surface area contributed by atoms with Crippen LogP contribution < -0.4 is 0 Å². The van der Waals surface area contributed by atoms with E-state index in [-0.39, 0.29) is 11.8 Å². The molecule has 0 fully saturated rings. The first-order valence-electron chi connectivity index (χ1n) is 2.67. The highest BCUT2D eigenvalue weighted by Gasteiger charge is 2.00. The van der Waals surface area contributed by atoms with Gasteiger partial charge in [-0.15, -0.1) is 23.2 Å². The first-order valence-corrected chi connectivity index (χ1v) is 3.74. The van der Waals surface area contributed by atoms with Crippen LogP contribution in [0.5, 0.6) is 0 Å². The van der Waals surface area contributed by atoms with E-state index in [0.29, 0.717) is 5.71 Å². The van der Waals surface area contributed by atoms with Crippen molar-refractivity contribution in [2.75, 3.05) is 18.9 Å². The molecular formula is C5H7Cl2NO3. The molecule has 0 aromatic heterocycles. The number of hydrogen-bond acceptors (Lipinski definition) is 4. The lowest BCUT2D eigenvalue weighted by Crippen LogP contribution is -2.06. The summed E-state index contributed by atoms with van der Waals surface area (Å²) in [6, 6.07) is 0. The van der Waals surface area contributed by atoms with Crippen LogP contribution in [0, 0.1) is 0 Å². The fourth-order valence-electron chi connectivity index (χ4n) is 0.224. The average molecular weight is 200 g/mol. The van der Waals surface area contributed by atoms with Gasteiger partial charge in [0.2, 0.25) is 0 Å². The summed E-state index contributed by atoms with van der Waals surface area (Å²) in [4.78, 5) is 14.5. The van der Waals surface area contributed by atoms with Gasteiger partial charge in [0, 0.05) is 0 Å². The summed E-state index contributed by atoms with van der Waals surface area (Å²) >= 11 is 10.7. The van der Waals surface area contributed by atoms with E-state index in [2.05, 4.69) is 14.7 Å². The van der Waals surface area contributed by atoms with Crippen LogP contribution in [-0.2, 0) is 9.57 Å². The molecule has 0 aliphatic carbocycles. The van der Waals surface area contributed by atoms with Gasteiger partial charge in [0.25, 0.3) is 0 Å². The van der Waals surface area contributed by atoms with Gasteiger partial charge in [0.05, 0.1) is 24.6 Å². The second-order valence-electron chi connectivity index (χ2n) is 1.47. The van der Waals surface area contributed by atoms with E-state index in [1.54, 1.807) is 0 Å². The fourth-order valence-corrected chi connectivity index (χ4v) is 0.607. The first-order chi connectivity index (χ1) is 5.24. The maximum Gasteiger partial charge on any atom is 0.534 e. The molecule has 0 atom stereocenters. The molecule has 4 nitrogen and oxygen atoms in total. The van der Waals surface area contributed by atoms with Crippen molar-refractivity contribution in [2.45, 2.75) is 0 Å². The molecule has 11 heavy (non-hydrogen) atoms. The number of ether oxygens (including phenoxy) is 1. The van der Waals surface area contributed by atoms with Crippen molar-refractivity contribution in [1.29, 1.82) is 0 Å². The topological polar surface area (TPSA) is 47.9 Å². The van der Waals surface area contributed by atoms with Gasteiger partial charge in [-0.05, 0) is 0 Å². The summed E-state index contributed by atoms with van der Waals surface area (Å²) in [5.74, 6) is 0.251. The number of carbonyl (C=O) groups excluding carboxylic acids is 1. The van der Waals surface area contributed by atoms with E-state index < -0.39 is 6.16 Å². The summed E-state index contributed by atoms with van der Waals surface area (Å²) in [6.07, 6.45) is -0.891. The Morgan fingerprint density at radius 1 is 1.45 bits per heavy atom. The zero-order chi connectivity index (χ0) is 8.69. The molecule has 0 aliphatic rings. The molecule has 0 aromatic carbocycles. The predicted octanol–water partition coefficient (Wildman–Crippen LogP) is 1.60. The third-order valence-corrected chi connectivity index (χ3v) is 1.34. The van der Waals surface area contributed by atoms with E-state index in [1.165, 1.54) is 7.11 Å². The number of halogens is 2. The highest BCUT2D eigenvalue weighted by molar-refractivity contribution is 6.36. The van der Waals surface area contributed by atoms with Crippen LogP contribution in [0.1, 0.15) is 0 Å². The van der Waals surface area contributed by atoms with Crippen molar-refractivity contribution < 1.29 is 14.4 Å². The number of nitrogens with zero attached hydrogens (tertiary/aromatic N) is 1. The highest BCUT2D eigenvalue weighted by Crippen LogP contribution is 1.91. The molecule has 0 N–H and O–H groups in total. The smallest absolute Gasteiger partial charge is 0.436 e. The summed E-state index contributed by atoms with van der Waals surface area (Å²) < 4.78 is 4.14. The number of oxime groups is 1. The van der Waals surface area contributed by atoms with Gasteiger partial charge < -0.3 is 4.74 Å². The summed E-state index contributed by atoms with van der Waals surface area (Å²) in [7, 11) is 1.18. The van der Waals surface area contributed by atoms with Gasteiger partial charge >= 0.3 is 6.16 Å². The standard InChI is InChI=1S/C5H7Cl2NO3/c1-10-5(9)11-8-4(2-6)3-7/h2-3H2,1H3. The van der Waals surface area contributed by atoms with E-state index in [4.69, 9.17) is 23.2 Å². The number of alkyl halides is 2. The Labute approximate surface area is 74.0 Å². The third-order valence-electron chi connectivity index (χ3n) is 0.724. The minimum atomic E-state index is -0.891. The Morgan fingerprint density at radius 2 is 2.00 bits per heavy atom. The van der Waals surface area contributed by atoms with Crippen molar-refractivity contribution in [3.05, 3.63) is 0 Å². The molecule has 6 heteroatoms. The van der Waals surface area contributed by atoms with Crippen LogP contribution in [-0.4, -0.2) is 30.7 Å². The quantitative estimate of drug-likeness (QED) is 0.228. The molecule has 0 aromatic rings. The molecule has 0 aliphatic heterocycles. The van der Waals surface area contributed by atoms with Crippen molar-refractivity contribution in [3.63, 3.8) is 0 Å². The molecule has 64 valence electrons. The predicted molar refractivity (Wildman–Crippen MR) is 42.4 cm³/mol. The van der Waals surface area contributed by atoms with Crippen LogP contribution in [0.3, 0.4) is 0 Å². The molecule has 0 saturated carbocycles. The van der Waals surface area contributed by atoms with Crippen molar-refractivity contribution in [1.82, 2.24) is 0 Å². The third kappa shape index (κ3) is 4.86. The molecule has 0 rings (SSSR count). The number of hydrogen-bond donors (Lipinski definition) is 0. The zero-order valence-electron chi connectivity index (χ0n) is 5.84. The minimum Gasteiger partial charge on any atom is -0.436 e. The van der Waals surface area contributed by atoms with Crippen molar-refractivity contribution >= 4 is 35.1 Å². The highest BCUT2D eigenvalue weighted by atomic mass is 35.5. The Balaban J connectivity index is 3.78. The van der Waals surface area contributed by atoms with Gasteiger partial charge in [-0.25, -0.2) is 4.79 Å². The van der Waals surface area contributed by atoms with Gasteiger partial charge in [-0.1, -0.05) is 5.16 Å². The summed E-state index contributed by atoms with van der Waals surface area (Å²) in [5, 5.41) is 3.31. The second kappa shape index (κ2) is 6.24. The van der Waals surface area contributed by atoms with E-state index >= 15 is 0 Å². The molecule has 0 heterocycles. The van der Waals surface area contributed by atoms with E-state index in [9.17, 15) is 4.79 Å². The second-order valence-corrected chi connectivity index (χ2v) is 2.00. The molecule has 0 spiro atoms. The molecule has 0 radical (unpaired) electrons. The average Bonchev–Trinajstić information content (AvgIpc) is 2.06. The first kappa shape index (κ1) is 10.5. The maximum atomic E-state index is 10.3. The number of carbonyl (C=O) groups is 1. The summed E-state index contributed by atoms with van der Waals surface area (Å²) in [6.45, 7) is 0. The monoisotopic (exact) mass is 199 g/mol. The van der Waals surface area contributed by atoms with Gasteiger partial charge in [0.1, 0.15) is 0 Å². The number of rotatable bonds is 3. The summed E-state index contributed by atoms with van der Waals surface area (Å²) in [5.41, 5.74) is 0.374. The maximum absolute atomic E-state index is 10.3. The molecule has 0 saturated heterocycles. The van der Waals surface area contributed by atoms with Crippen molar-refractivity contribution in [2.24, 2.45) is 5.16 Å². The minimum absolute atomic E-state index is 0.125. The molecule has 0 bridgehead atoms.